The number of nitrogens with zero attached hydrogens (tertiary/aromatic N) is 4. The van der Waals surface area contributed by atoms with Crippen LogP contribution in [-0.4, -0.2) is 57.6 Å². The van der Waals surface area contributed by atoms with Gasteiger partial charge in [0.05, 0.1) is 5.69 Å². The van der Waals surface area contributed by atoms with Gasteiger partial charge >= 0.3 is 6.09 Å². The van der Waals surface area contributed by atoms with Crippen LogP contribution in [0.4, 0.5) is 4.79 Å². The van der Waals surface area contributed by atoms with E-state index >= 15 is 0 Å². The first-order valence-electron chi connectivity index (χ1n) is 7.78. The van der Waals surface area contributed by atoms with Crippen LogP contribution in [0.3, 0.4) is 0 Å². The quantitative estimate of drug-likeness (QED) is 0.857. The van der Waals surface area contributed by atoms with Gasteiger partial charge in [-0.3, -0.25) is 14.9 Å². The van der Waals surface area contributed by atoms with Crippen LogP contribution >= 0.6 is 0 Å². The molecule has 1 fully saturated rings. The predicted octanol–water partition coefficient (Wildman–Crippen LogP) is 2.31. The first kappa shape index (κ1) is 16.7. The molecule has 1 atom stereocenters. The Bertz CT molecular complexity index is 487. The van der Waals surface area contributed by atoms with Crippen molar-refractivity contribution < 1.29 is 9.53 Å². The molecular formula is C16H26N4O2. The summed E-state index contributed by atoms with van der Waals surface area (Å²) < 4.78 is 5.45. The highest BCUT2D eigenvalue weighted by Crippen LogP contribution is 2.18. The van der Waals surface area contributed by atoms with Crippen molar-refractivity contribution in [3.8, 4) is 0 Å². The molecule has 1 aromatic heterocycles. The van der Waals surface area contributed by atoms with Crippen molar-refractivity contribution in [3.05, 3.63) is 24.3 Å². The number of likely N-dealkylation sites (N-methyl/N-ethyl adjacent to an activating group) is 1. The van der Waals surface area contributed by atoms with E-state index in [1.807, 2.05) is 27.8 Å². The number of hydrogen-bond donors (Lipinski definition) is 0. The molecule has 0 aliphatic carbocycles. The molecule has 6 nitrogen and oxygen atoms in total. The largest absolute Gasteiger partial charge is 0.444 e. The van der Waals surface area contributed by atoms with Crippen LogP contribution < -0.4 is 0 Å². The molecule has 0 bridgehead atoms. The molecule has 2 heterocycles. The number of hydrogen-bond acceptors (Lipinski definition) is 5. The molecule has 0 N–H and O–H groups in total. The predicted molar refractivity (Wildman–Crippen MR) is 84.3 cm³/mol. The Morgan fingerprint density at radius 1 is 1.45 bits per heavy atom. The molecule has 0 saturated carbocycles. The third kappa shape index (κ3) is 4.94. The Balaban J connectivity index is 1.91. The molecule has 0 radical (unpaired) electrons. The zero-order chi connectivity index (χ0) is 16.2. The van der Waals surface area contributed by atoms with E-state index in [9.17, 15) is 4.79 Å². The molecule has 1 aromatic rings. The van der Waals surface area contributed by atoms with E-state index in [1.165, 1.54) is 0 Å². The highest BCUT2D eigenvalue weighted by molar-refractivity contribution is 5.68. The van der Waals surface area contributed by atoms with E-state index in [0.29, 0.717) is 0 Å². The number of piperidine rings is 1. The Kier molecular flexibility index (Phi) is 5.34. The molecule has 0 aromatic carbocycles. The SMILES string of the molecule is CN(C(=O)OC(C)(C)C)[C@@H]1CCCN(Cc2cnccn2)C1. The lowest BCUT2D eigenvalue weighted by Gasteiger charge is -2.37. The lowest BCUT2D eigenvalue weighted by Crippen LogP contribution is -2.49. The average molecular weight is 306 g/mol. The van der Waals surface area contributed by atoms with Gasteiger partial charge in [0, 0.05) is 44.8 Å². The van der Waals surface area contributed by atoms with E-state index < -0.39 is 5.60 Å². The second kappa shape index (κ2) is 7.05. The monoisotopic (exact) mass is 306 g/mol. The first-order valence-corrected chi connectivity index (χ1v) is 7.78. The first-order chi connectivity index (χ1) is 10.3. The van der Waals surface area contributed by atoms with Gasteiger partial charge in [-0.1, -0.05) is 0 Å². The van der Waals surface area contributed by atoms with Crippen LogP contribution in [0.15, 0.2) is 18.6 Å². The number of carbonyl (C=O) groups is 1. The Morgan fingerprint density at radius 2 is 2.23 bits per heavy atom. The molecule has 1 aliphatic rings. The fourth-order valence-electron chi connectivity index (χ4n) is 2.61. The molecule has 6 heteroatoms. The minimum absolute atomic E-state index is 0.181. The normalized spacial score (nSPS) is 19.7. The molecule has 1 aliphatic heterocycles. The van der Waals surface area contributed by atoms with Crippen LogP contribution in [0.5, 0.6) is 0 Å². The summed E-state index contributed by atoms with van der Waals surface area (Å²) in [5.74, 6) is 0. The molecular weight excluding hydrogens is 280 g/mol. The van der Waals surface area contributed by atoms with Crippen LogP contribution in [0.1, 0.15) is 39.3 Å². The average Bonchev–Trinajstić information content (AvgIpc) is 2.46. The van der Waals surface area contributed by atoms with Crippen molar-refractivity contribution in [2.75, 3.05) is 20.1 Å². The van der Waals surface area contributed by atoms with Gasteiger partial charge in [0.2, 0.25) is 0 Å². The van der Waals surface area contributed by atoms with Gasteiger partial charge in [0.25, 0.3) is 0 Å². The molecule has 0 unspecified atom stereocenters. The van der Waals surface area contributed by atoms with Crippen LogP contribution in [0.25, 0.3) is 0 Å². The van der Waals surface area contributed by atoms with Gasteiger partial charge < -0.3 is 9.64 Å². The van der Waals surface area contributed by atoms with Gasteiger partial charge in [-0.05, 0) is 40.2 Å². The number of carbonyl (C=O) groups excluding carboxylic acids is 1. The summed E-state index contributed by atoms with van der Waals surface area (Å²) in [6.07, 6.45) is 7.01. The second-order valence-electron chi connectivity index (χ2n) is 6.82. The minimum Gasteiger partial charge on any atom is -0.444 e. The summed E-state index contributed by atoms with van der Waals surface area (Å²) in [5, 5.41) is 0. The van der Waals surface area contributed by atoms with E-state index in [-0.39, 0.29) is 12.1 Å². The lowest BCUT2D eigenvalue weighted by molar-refractivity contribution is 0.0129. The van der Waals surface area contributed by atoms with Crippen molar-refractivity contribution in [1.29, 1.82) is 0 Å². The van der Waals surface area contributed by atoms with Crippen LogP contribution in [0, 0.1) is 0 Å². The number of ether oxygens (including phenoxy) is 1. The molecule has 122 valence electrons. The van der Waals surface area contributed by atoms with Gasteiger partial charge in [0.1, 0.15) is 5.60 Å². The van der Waals surface area contributed by atoms with Gasteiger partial charge in [-0.15, -0.1) is 0 Å². The molecule has 22 heavy (non-hydrogen) atoms. The Hall–Kier alpha value is -1.69. The minimum atomic E-state index is -0.459. The number of rotatable bonds is 3. The smallest absolute Gasteiger partial charge is 0.410 e. The molecule has 2 rings (SSSR count). The zero-order valence-corrected chi connectivity index (χ0v) is 14.0. The standard InChI is InChI=1S/C16H26N4O2/c1-16(2,3)22-15(21)19(4)14-6-5-9-20(12-14)11-13-10-17-7-8-18-13/h7-8,10,14H,5-6,9,11-12H2,1-4H3/t14-/m1/s1. The van der Waals surface area contributed by atoms with Crippen molar-refractivity contribution in [3.63, 3.8) is 0 Å². The van der Waals surface area contributed by atoms with Crippen molar-refractivity contribution in [1.82, 2.24) is 19.8 Å². The maximum absolute atomic E-state index is 12.2. The van der Waals surface area contributed by atoms with E-state index in [0.717, 1.165) is 38.2 Å². The fourth-order valence-corrected chi connectivity index (χ4v) is 2.61. The summed E-state index contributed by atoms with van der Waals surface area (Å²) in [4.78, 5) is 24.7. The summed E-state index contributed by atoms with van der Waals surface area (Å²) in [6, 6.07) is 0.181. The van der Waals surface area contributed by atoms with Crippen molar-refractivity contribution in [2.45, 2.75) is 51.8 Å². The van der Waals surface area contributed by atoms with Crippen LogP contribution in [-0.2, 0) is 11.3 Å². The highest BCUT2D eigenvalue weighted by Gasteiger charge is 2.29. The number of aromatic nitrogens is 2. The lowest BCUT2D eigenvalue weighted by atomic mass is 10.0. The summed E-state index contributed by atoms with van der Waals surface area (Å²) >= 11 is 0. The second-order valence-corrected chi connectivity index (χ2v) is 6.82. The molecule has 0 spiro atoms. The fraction of sp³-hybridized carbons (Fsp3) is 0.688. The topological polar surface area (TPSA) is 58.6 Å². The van der Waals surface area contributed by atoms with E-state index in [1.54, 1.807) is 23.5 Å². The van der Waals surface area contributed by atoms with Crippen molar-refractivity contribution in [2.24, 2.45) is 0 Å². The molecule has 1 saturated heterocycles. The third-order valence-corrected chi connectivity index (χ3v) is 3.71. The summed E-state index contributed by atoms with van der Waals surface area (Å²) in [5.41, 5.74) is 0.502. The molecule has 1 amide bonds. The zero-order valence-electron chi connectivity index (χ0n) is 14.0. The van der Waals surface area contributed by atoms with Crippen molar-refractivity contribution >= 4 is 6.09 Å². The number of likely N-dealkylation sites (tertiary alicyclic amines) is 1. The van der Waals surface area contributed by atoms with E-state index in [2.05, 4.69) is 14.9 Å². The summed E-state index contributed by atoms with van der Waals surface area (Å²) in [7, 11) is 1.82. The van der Waals surface area contributed by atoms with Crippen LogP contribution in [0.2, 0.25) is 0 Å². The highest BCUT2D eigenvalue weighted by atomic mass is 16.6. The van der Waals surface area contributed by atoms with Gasteiger partial charge in [-0.2, -0.15) is 0 Å². The Morgan fingerprint density at radius 3 is 2.86 bits per heavy atom. The number of amides is 1. The van der Waals surface area contributed by atoms with Gasteiger partial charge in [0.15, 0.2) is 0 Å². The Labute approximate surface area is 132 Å². The van der Waals surface area contributed by atoms with E-state index in [4.69, 9.17) is 4.74 Å². The maximum Gasteiger partial charge on any atom is 0.410 e. The summed E-state index contributed by atoms with van der Waals surface area (Å²) in [6.45, 7) is 8.30. The van der Waals surface area contributed by atoms with Gasteiger partial charge in [-0.25, -0.2) is 4.79 Å². The maximum atomic E-state index is 12.2. The third-order valence-electron chi connectivity index (χ3n) is 3.71.